The van der Waals surface area contributed by atoms with Crippen molar-refractivity contribution in [1.82, 2.24) is 0 Å². The van der Waals surface area contributed by atoms with E-state index >= 15 is 0 Å². The van der Waals surface area contributed by atoms with Crippen molar-refractivity contribution < 1.29 is 4.74 Å². The maximum absolute atomic E-state index is 6.16. The molecule has 0 spiro atoms. The molecule has 0 heterocycles. The lowest BCUT2D eigenvalue weighted by Gasteiger charge is -2.11. The third kappa shape index (κ3) is 3.05. The quantitative estimate of drug-likeness (QED) is 0.869. The second-order valence-corrected chi connectivity index (χ2v) is 5.27. The van der Waals surface area contributed by atoms with Crippen molar-refractivity contribution in [2.24, 2.45) is 5.73 Å². The van der Waals surface area contributed by atoms with E-state index in [2.05, 4.69) is 15.9 Å². The van der Waals surface area contributed by atoms with E-state index in [1.165, 1.54) is 0 Å². The fraction of sp³-hybridized carbons (Fsp3) is 0.143. The topological polar surface area (TPSA) is 35.2 Å². The van der Waals surface area contributed by atoms with Crippen LogP contribution in [0.4, 0.5) is 0 Å². The first-order valence-electron chi connectivity index (χ1n) is 5.55. The molecule has 1 atom stereocenters. The van der Waals surface area contributed by atoms with Gasteiger partial charge >= 0.3 is 0 Å². The summed E-state index contributed by atoms with van der Waals surface area (Å²) in [5.74, 6) is 1.44. The van der Waals surface area contributed by atoms with Gasteiger partial charge in [0, 0.05) is 11.1 Å². The van der Waals surface area contributed by atoms with Crippen LogP contribution in [-0.2, 0) is 0 Å². The van der Waals surface area contributed by atoms with E-state index in [9.17, 15) is 0 Å². The van der Waals surface area contributed by atoms with E-state index < -0.39 is 0 Å². The summed E-state index contributed by atoms with van der Waals surface area (Å²) in [4.78, 5) is 0. The smallest absolute Gasteiger partial charge is 0.141 e. The van der Waals surface area contributed by atoms with Gasteiger partial charge in [0.05, 0.1) is 4.47 Å². The van der Waals surface area contributed by atoms with Crippen LogP contribution < -0.4 is 10.5 Å². The highest BCUT2D eigenvalue weighted by atomic mass is 79.9. The molecule has 18 heavy (non-hydrogen) atoms. The van der Waals surface area contributed by atoms with Crippen LogP contribution in [0.5, 0.6) is 11.5 Å². The van der Waals surface area contributed by atoms with Gasteiger partial charge in [0.25, 0.3) is 0 Å². The zero-order chi connectivity index (χ0) is 13.1. The summed E-state index contributed by atoms with van der Waals surface area (Å²) < 4.78 is 6.65. The Hall–Kier alpha value is -1.03. The minimum absolute atomic E-state index is 0.0880. The summed E-state index contributed by atoms with van der Waals surface area (Å²) in [5.41, 5.74) is 6.72. The molecule has 0 saturated heterocycles. The Morgan fingerprint density at radius 2 is 1.94 bits per heavy atom. The molecule has 1 unspecified atom stereocenters. The highest BCUT2D eigenvalue weighted by Gasteiger charge is 2.08. The number of halogens is 2. The first-order chi connectivity index (χ1) is 8.58. The summed E-state index contributed by atoms with van der Waals surface area (Å²) in [7, 11) is 0. The first kappa shape index (κ1) is 13.4. The average molecular weight is 327 g/mol. The molecule has 2 aromatic rings. The average Bonchev–Trinajstić information content (AvgIpc) is 2.32. The minimum Gasteiger partial charge on any atom is -0.456 e. The van der Waals surface area contributed by atoms with Crippen molar-refractivity contribution in [3.8, 4) is 11.5 Å². The van der Waals surface area contributed by atoms with E-state index in [4.69, 9.17) is 22.1 Å². The zero-order valence-corrected chi connectivity index (χ0v) is 12.2. The molecule has 0 aromatic heterocycles. The highest BCUT2D eigenvalue weighted by Crippen LogP contribution is 2.32. The van der Waals surface area contributed by atoms with Gasteiger partial charge in [-0.1, -0.05) is 29.8 Å². The zero-order valence-electron chi connectivity index (χ0n) is 9.86. The van der Waals surface area contributed by atoms with Gasteiger partial charge in [-0.05, 0) is 52.7 Å². The maximum Gasteiger partial charge on any atom is 0.141 e. The van der Waals surface area contributed by atoms with Crippen molar-refractivity contribution in [3.05, 3.63) is 57.5 Å². The molecule has 0 aliphatic carbocycles. The Morgan fingerprint density at radius 3 is 2.56 bits per heavy atom. The van der Waals surface area contributed by atoms with Crippen molar-refractivity contribution in [2.75, 3.05) is 0 Å². The summed E-state index contributed by atoms with van der Waals surface area (Å²) in [5, 5.41) is 0.620. The first-order valence-corrected chi connectivity index (χ1v) is 6.72. The lowest BCUT2D eigenvalue weighted by Crippen LogP contribution is -2.05. The highest BCUT2D eigenvalue weighted by molar-refractivity contribution is 9.10. The van der Waals surface area contributed by atoms with Gasteiger partial charge in [0.2, 0.25) is 0 Å². The summed E-state index contributed by atoms with van der Waals surface area (Å²) in [6.45, 7) is 1.90. The molecule has 2 N–H and O–H groups in total. The molecular formula is C14H13BrClNO. The van der Waals surface area contributed by atoms with E-state index in [1.807, 2.05) is 43.3 Å². The molecule has 0 fully saturated rings. The Morgan fingerprint density at radius 1 is 1.22 bits per heavy atom. The minimum atomic E-state index is -0.0880. The van der Waals surface area contributed by atoms with Crippen LogP contribution in [0.15, 0.2) is 46.9 Å². The fourth-order valence-electron chi connectivity index (χ4n) is 1.60. The molecule has 4 heteroatoms. The number of hydrogen-bond donors (Lipinski definition) is 1. The molecule has 0 bridgehead atoms. The number of hydrogen-bond acceptors (Lipinski definition) is 2. The lowest BCUT2D eigenvalue weighted by molar-refractivity contribution is 0.479. The fourth-order valence-corrected chi connectivity index (χ4v) is 2.30. The van der Waals surface area contributed by atoms with Crippen molar-refractivity contribution in [3.63, 3.8) is 0 Å². The van der Waals surface area contributed by atoms with Gasteiger partial charge in [-0.15, -0.1) is 0 Å². The normalized spacial score (nSPS) is 12.2. The van der Waals surface area contributed by atoms with E-state index in [1.54, 1.807) is 6.07 Å². The number of rotatable bonds is 3. The van der Waals surface area contributed by atoms with Crippen LogP contribution in [0.1, 0.15) is 18.5 Å². The van der Waals surface area contributed by atoms with Gasteiger partial charge in [-0.2, -0.15) is 0 Å². The van der Waals surface area contributed by atoms with Gasteiger partial charge < -0.3 is 10.5 Å². The van der Waals surface area contributed by atoms with Crippen molar-refractivity contribution in [1.29, 1.82) is 0 Å². The second-order valence-electron chi connectivity index (χ2n) is 4.00. The van der Waals surface area contributed by atoms with E-state index in [0.717, 1.165) is 15.8 Å². The largest absolute Gasteiger partial charge is 0.456 e. The van der Waals surface area contributed by atoms with Crippen molar-refractivity contribution in [2.45, 2.75) is 13.0 Å². The number of ether oxygens (including phenoxy) is 1. The summed E-state index contributed by atoms with van der Waals surface area (Å²) in [6.07, 6.45) is 0. The van der Waals surface area contributed by atoms with Crippen LogP contribution in [0.3, 0.4) is 0 Å². The molecule has 94 valence electrons. The van der Waals surface area contributed by atoms with Gasteiger partial charge in [0.1, 0.15) is 11.5 Å². The molecule has 0 aliphatic heterocycles. The summed E-state index contributed by atoms with van der Waals surface area (Å²) >= 11 is 9.59. The Balaban J connectivity index is 2.26. The number of nitrogens with two attached hydrogens (primary N) is 1. The van der Waals surface area contributed by atoms with Crippen LogP contribution in [0.2, 0.25) is 5.02 Å². The Bertz CT molecular complexity index is 557. The molecule has 0 aliphatic rings. The Labute approximate surface area is 120 Å². The molecule has 0 amide bonds. The lowest BCUT2D eigenvalue weighted by atomic mass is 10.1. The van der Waals surface area contributed by atoms with Crippen LogP contribution in [-0.4, -0.2) is 0 Å². The molecule has 2 rings (SSSR count). The third-order valence-electron chi connectivity index (χ3n) is 2.53. The number of benzene rings is 2. The van der Waals surface area contributed by atoms with Crippen molar-refractivity contribution >= 4 is 27.5 Å². The van der Waals surface area contributed by atoms with Gasteiger partial charge in [-0.25, -0.2) is 0 Å². The second kappa shape index (κ2) is 5.74. The van der Waals surface area contributed by atoms with Crippen LogP contribution in [0, 0.1) is 0 Å². The van der Waals surface area contributed by atoms with Gasteiger partial charge in [-0.3, -0.25) is 0 Å². The van der Waals surface area contributed by atoms with E-state index in [-0.39, 0.29) is 6.04 Å². The van der Waals surface area contributed by atoms with Crippen LogP contribution in [0.25, 0.3) is 0 Å². The summed E-state index contributed by atoms with van der Waals surface area (Å²) in [6, 6.07) is 13.1. The SMILES string of the molecule is CC(N)c1ccc(Oc2ccccc2Br)cc1Cl. The molecule has 0 saturated carbocycles. The molecule has 2 nitrogen and oxygen atoms in total. The number of para-hydroxylation sites is 1. The standard InChI is InChI=1S/C14H13BrClNO/c1-9(17)11-7-6-10(8-13(11)16)18-14-5-3-2-4-12(14)15/h2-9H,17H2,1H3. The third-order valence-corrected chi connectivity index (χ3v) is 3.51. The molecule has 0 radical (unpaired) electrons. The Kier molecular flexibility index (Phi) is 4.27. The predicted molar refractivity (Wildman–Crippen MR) is 78.3 cm³/mol. The monoisotopic (exact) mass is 325 g/mol. The van der Waals surface area contributed by atoms with E-state index in [0.29, 0.717) is 10.8 Å². The van der Waals surface area contributed by atoms with Crippen LogP contribution >= 0.6 is 27.5 Å². The molecular weight excluding hydrogens is 314 g/mol. The predicted octanol–water partition coefficient (Wildman–Crippen LogP) is 4.91. The van der Waals surface area contributed by atoms with Gasteiger partial charge in [0.15, 0.2) is 0 Å². The molecule has 2 aromatic carbocycles. The maximum atomic E-state index is 6.16.